The number of amides is 1. The van der Waals surface area contributed by atoms with Gasteiger partial charge in [0.15, 0.2) is 0 Å². The molecule has 0 N–H and O–H groups in total. The monoisotopic (exact) mass is 484 g/mol. The molecule has 3 heterocycles. The number of hydrogen-bond donors (Lipinski definition) is 0. The zero-order valence-electron chi connectivity index (χ0n) is 17.7. The predicted molar refractivity (Wildman–Crippen MR) is 121 cm³/mol. The molecule has 0 saturated carbocycles. The molecule has 12 heteroatoms. The molecule has 170 valence electrons. The summed E-state index contributed by atoms with van der Waals surface area (Å²) < 4.78 is 41.0. The highest BCUT2D eigenvalue weighted by Crippen LogP contribution is 2.25. The average Bonchev–Trinajstić information content (AvgIpc) is 3.48. The highest BCUT2D eigenvalue weighted by Gasteiger charge is 2.31. The summed E-state index contributed by atoms with van der Waals surface area (Å²) in [7, 11) is -3.72. The summed E-state index contributed by atoms with van der Waals surface area (Å²) in [5.41, 5.74) is 2.63. The Morgan fingerprint density at radius 2 is 1.82 bits per heavy atom. The Bertz CT molecular complexity index is 1410. The molecule has 0 atom stereocenters. The van der Waals surface area contributed by atoms with Crippen molar-refractivity contribution in [3.63, 3.8) is 0 Å². The summed E-state index contributed by atoms with van der Waals surface area (Å²) >= 11 is 0.988. The minimum absolute atomic E-state index is 0.0407. The van der Waals surface area contributed by atoms with E-state index in [0.717, 1.165) is 22.9 Å². The Hall–Kier alpha value is -3.22. The van der Waals surface area contributed by atoms with Gasteiger partial charge in [0, 0.05) is 38.7 Å². The SMILES string of the molecule is Cc1nc(-c2ccc(CC(=O)N3CCN(S(=O)(=O)c4cccc5nsnc45)CC3)cc2)no1. The third-order valence-corrected chi connectivity index (χ3v) is 8.03. The molecule has 0 bridgehead atoms. The Labute approximate surface area is 194 Å². The van der Waals surface area contributed by atoms with E-state index in [4.69, 9.17) is 4.52 Å². The number of fused-ring (bicyclic) bond motifs is 1. The highest BCUT2D eigenvalue weighted by atomic mass is 32.2. The van der Waals surface area contributed by atoms with Crippen LogP contribution in [0.25, 0.3) is 22.4 Å². The topological polar surface area (TPSA) is 122 Å². The van der Waals surface area contributed by atoms with Crippen LogP contribution in [-0.2, 0) is 21.2 Å². The maximum atomic E-state index is 13.2. The first kappa shape index (κ1) is 21.6. The number of rotatable bonds is 5. The third-order valence-electron chi connectivity index (χ3n) is 5.55. The Balaban J connectivity index is 1.22. The van der Waals surface area contributed by atoms with E-state index in [2.05, 4.69) is 18.9 Å². The number of aromatic nitrogens is 4. The number of nitrogens with zero attached hydrogens (tertiary/aromatic N) is 6. The summed E-state index contributed by atoms with van der Waals surface area (Å²) in [5, 5.41) is 3.89. The Morgan fingerprint density at radius 3 is 2.52 bits per heavy atom. The van der Waals surface area contributed by atoms with Crippen LogP contribution in [0.5, 0.6) is 0 Å². The van der Waals surface area contributed by atoms with Gasteiger partial charge in [-0.1, -0.05) is 35.5 Å². The van der Waals surface area contributed by atoms with Gasteiger partial charge in [0.25, 0.3) is 0 Å². The molecular formula is C21H20N6O4S2. The second kappa shape index (κ2) is 8.61. The molecule has 4 aromatic rings. The molecule has 1 aliphatic rings. The van der Waals surface area contributed by atoms with Gasteiger partial charge < -0.3 is 9.42 Å². The summed E-state index contributed by atoms with van der Waals surface area (Å²) in [6.07, 6.45) is 0.238. The zero-order chi connectivity index (χ0) is 23.0. The number of sulfonamides is 1. The fourth-order valence-corrected chi connectivity index (χ4v) is 5.96. The second-order valence-electron chi connectivity index (χ2n) is 7.68. The van der Waals surface area contributed by atoms with E-state index in [1.807, 2.05) is 24.3 Å². The van der Waals surface area contributed by atoms with E-state index >= 15 is 0 Å². The van der Waals surface area contributed by atoms with Crippen LogP contribution in [0.4, 0.5) is 0 Å². The number of hydrogen-bond acceptors (Lipinski definition) is 9. The fourth-order valence-electron chi connectivity index (χ4n) is 3.78. The molecule has 1 fully saturated rings. The summed E-state index contributed by atoms with van der Waals surface area (Å²) in [6, 6.07) is 12.4. The fraction of sp³-hybridized carbons (Fsp3) is 0.286. The van der Waals surface area contributed by atoms with Crippen LogP contribution >= 0.6 is 11.7 Å². The van der Waals surface area contributed by atoms with Gasteiger partial charge in [0.1, 0.15) is 15.9 Å². The average molecular weight is 485 g/mol. The van der Waals surface area contributed by atoms with Crippen molar-refractivity contribution in [3.8, 4) is 11.4 Å². The molecular weight excluding hydrogens is 464 g/mol. The maximum absolute atomic E-state index is 13.2. The minimum Gasteiger partial charge on any atom is -0.340 e. The zero-order valence-corrected chi connectivity index (χ0v) is 19.3. The lowest BCUT2D eigenvalue weighted by Crippen LogP contribution is -2.50. The molecule has 0 aliphatic carbocycles. The predicted octanol–water partition coefficient (Wildman–Crippen LogP) is 2.13. The molecule has 0 radical (unpaired) electrons. The first-order valence-electron chi connectivity index (χ1n) is 10.3. The minimum atomic E-state index is -3.72. The molecule has 1 amide bonds. The van der Waals surface area contributed by atoms with Crippen molar-refractivity contribution < 1.29 is 17.7 Å². The summed E-state index contributed by atoms with van der Waals surface area (Å²) in [5.74, 6) is 0.957. The van der Waals surface area contributed by atoms with Crippen molar-refractivity contribution in [2.24, 2.45) is 0 Å². The normalized spacial score (nSPS) is 15.2. The standard InChI is InChI=1S/C21H20N6O4S2/c1-14-22-21(23-31-14)16-7-5-15(6-8-16)13-19(28)26-9-11-27(12-10-26)33(29,30)18-4-2-3-17-20(18)25-32-24-17/h2-8H,9-13H2,1H3. The van der Waals surface area contributed by atoms with Gasteiger partial charge in [0.05, 0.1) is 18.1 Å². The van der Waals surface area contributed by atoms with Crippen molar-refractivity contribution in [2.45, 2.75) is 18.2 Å². The molecule has 10 nitrogen and oxygen atoms in total. The van der Waals surface area contributed by atoms with Crippen molar-refractivity contribution in [3.05, 3.63) is 53.9 Å². The maximum Gasteiger partial charge on any atom is 0.245 e. The second-order valence-corrected chi connectivity index (χ2v) is 10.1. The number of carbonyl (C=O) groups is 1. The van der Waals surface area contributed by atoms with Crippen LogP contribution in [-0.4, -0.2) is 68.6 Å². The summed E-state index contributed by atoms with van der Waals surface area (Å²) in [4.78, 5) is 18.8. The first-order chi connectivity index (χ1) is 15.9. The lowest BCUT2D eigenvalue weighted by atomic mass is 10.1. The molecule has 1 saturated heterocycles. The van der Waals surface area contributed by atoms with E-state index in [1.165, 1.54) is 4.31 Å². The van der Waals surface area contributed by atoms with Crippen molar-refractivity contribution in [2.75, 3.05) is 26.2 Å². The first-order valence-corrected chi connectivity index (χ1v) is 12.5. The van der Waals surface area contributed by atoms with Crippen molar-refractivity contribution in [1.82, 2.24) is 28.1 Å². The smallest absolute Gasteiger partial charge is 0.245 e. The van der Waals surface area contributed by atoms with Crippen LogP contribution in [0.3, 0.4) is 0 Å². The quantitative estimate of drug-likeness (QED) is 0.422. The molecule has 2 aromatic carbocycles. The molecule has 0 spiro atoms. The van der Waals surface area contributed by atoms with Gasteiger partial charge in [-0.15, -0.1) is 0 Å². The van der Waals surface area contributed by atoms with Crippen LogP contribution < -0.4 is 0 Å². The largest absolute Gasteiger partial charge is 0.340 e. The molecule has 2 aromatic heterocycles. The third kappa shape index (κ3) is 4.24. The van der Waals surface area contributed by atoms with Crippen LogP contribution in [0.1, 0.15) is 11.5 Å². The highest BCUT2D eigenvalue weighted by molar-refractivity contribution is 7.89. The van der Waals surface area contributed by atoms with E-state index in [0.29, 0.717) is 35.8 Å². The molecule has 5 rings (SSSR count). The van der Waals surface area contributed by atoms with Gasteiger partial charge in [-0.25, -0.2) is 8.42 Å². The van der Waals surface area contributed by atoms with Crippen molar-refractivity contribution >= 4 is 38.7 Å². The molecule has 33 heavy (non-hydrogen) atoms. The van der Waals surface area contributed by atoms with Gasteiger partial charge in [0.2, 0.25) is 27.6 Å². The van der Waals surface area contributed by atoms with Gasteiger partial charge in [-0.2, -0.15) is 18.0 Å². The van der Waals surface area contributed by atoms with Gasteiger partial charge >= 0.3 is 0 Å². The van der Waals surface area contributed by atoms with E-state index in [9.17, 15) is 13.2 Å². The number of carbonyl (C=O) groups excluding carboxylic acids is 1. The van der Waals surface area contributed by atoms with Crippen LogP contribution in [0.15, 0.2) is 51.9 Å². The molecule has 1 aliphatic heterocycles. The van der Waals surface area contributed by atoms with E-state index in [-0.39, 0.29) is 30.3 Å². The molecule has 0 unspecified atom stereocenters. The lowest BCUT2D eigenvalue weighted by molar-refractivity contribution is -0.131. The van der Waals surface area contributed by atoms with E-state index < -0.39 is 10.0 Å². The Kier molecular flexibility index (Phi) is 5.64. The number of benzene rings is 2. The van der Waals surface area contributed by atoms with Crippen molar-refractivity contribution in [1.29, 1.82) is 0 Å². The Morgan fingerprint density at radius 1 is 1.06 bits per heavy atom. The van der Waals surface area contributed by atoms with Gasteiger partial charge in [-0.05, 0) is 17.7 Å². The summed E-state index contributed by atoms with van der Waals surface area (Å²) in [6.45, 7) is 2.87. The van der Waals surface area contributed by atoms with E-state index in [1.54, 1.807) is 30.0 Å². The lowest BCUT2D eigenvalue weighted by Gasteiger charge is -2.34. The van der Waals surface area contributed by atoms with Crippen LogP contribution in [0, 0.1) is 6.92 Å². The van der Waals surface area contributed by atoms with Crippen LogP contribution in [0.2, 0.25) is 0 Å². The number of aryl methyl sites for hydroxylation is 1. The van der Waals surface area contributed by atoms with Gasteiger partial charge in [-0.3, -0.25) is 4.79 Å². The number of piperazine rings is 1.